The fourth-order valence-electron chi connectivity index (χ4n) is 1.77. The van der Waals surface area contributed by atoms with Crippen molar-refractivity contribution in [3.8, 4) is 0 Å². The second kappa shape index (κ2) is 5.59. The van der Waals surface area contributed by atoms with Crippen molar-refractivity contribution in [2.45, 2.75) is 12.5 Å². The maximum atomic E-state index is 11.9. The number of nitrogens with two attached hydrogens (primary N) is 1. The van der Waals surface area contributed by atoms with Gasteiger partial charge >= 0.3 is 0 Å². The lowest BCUT2D eigenvalue weighted by Crippen LogP contribution is -2.37. The average molecular weight is 296 g/mol. The first-order chi connectivity index (χ1) is 9.37. The molecule has 0 saturated heterocycles. The molecular formula is C12H16N4O3S. The molecule has 0 aliphatic carbocycles. The first-order valence-corrected chi connectivity index (χ1v) is 8.09. The van der Waals surface area contributed by atoms with Crippen LogP contribution in [0.5, 0.6) is 0 Å². The second-order valence-corrected chi connectivity index (χ2v) is 6.91. The number of hydrogen-bond acceptors (Lipinski definition) is 5. The number of anilines is 1. The van der Waals surface area contributed by atoms with Gasteiger partial charge in [0, 0.05) is 11.6 Å². The van der Waals surface area contributed by atoms with E-state index in [0.717, 1.165) is 17.2 Å². The van der Waals surface area contributed by atoms with E-state index in [-0.39, 0.29) is 12.2 Å². The van der Waals surface area contributed by atoms with Crippen LogP contribution in [0.15, 0.2) is 24.4 Å². The number of fused-ring (bicyclic) bond motifs is 1. The number of carbonyl (C=O) groups is 1. The molecule has 20 heavy (non-hydrogen) atoms. The number of carbonyl (C=O) groups excluding carboxylic acids is 1. The third-order valence-corrected chi connectivity index (χ3v) is 3.86. The molecule has 1 heterocycles. The highest BCUT2D eigenvalue weighted by atomic mass is 32.2. The van der Waals surface area contributed by atoms with Crippen molar-refractivity contribution >= 4 is 32.3 Å². The lowest BCUT2D eigenvalue weighted by atomic mass is 10.2. The number of amides is 1. The van der Waals surface area contributed by atoms with Gasteiger partial charge in [0.2, 0.25) is 5.91 Å². The van der Waals surface area contributed by atoms with E-state index in [4.69, 9.17) is 5.73 Å². The first kappa shape index (κ1) is 14.5. The summed E-state index contributed by atoms with van der Waals surface area (Å²) in [5.41, 5.74) is 7.08. The Morgan fingerprint density at radius 3 is 2.95 bits per heavy atom. The van der Waals surface area contributed by atoms with E-state index >= 15 is 0 Å². The molecule has 1 atom stereocenters. The molecule has 2 aromatic rings. The molecule has 8 heteroatoms. The SMILES string of the molecule is CS(=O)(=O)CCC(N)C(=O)Nc1cccc2[nH]ncc12. The number of H-pyrrole nitrogens is 1. The Morgan fingerprint density at radius 1 is 1.50 bits per heavy atom. The van der Waals surface area contributed by atoms with E-state index in [2.05, 4.69) is 15.5 Å². The van der Waals surface area contributed by atoms with Crippen LogP contribution >= 0.6 is 0 Å². The van der Waals surface area contributed by atoms with Gasteiger partial charge in [0.1, 0.15) is 9.84 Å². The molecule has 1 aromatic carbocycles. The van der Waals surface area contributed by atoms with E-state index in [1.54, 1.807) is 18.3 Å². The number of aromatic nitrogens is 2. The number of benzene rings is 1. The van der Waals surface area contributed by atoms with Crippen molar-refractivity contribution in [2.75, 3.05) is 17.3 Å². The van der Waals surface area contributed by atoms with E-state index in [1.807, 2.05) is 6.07 Å². The molecule has 7 nitrogen and oxygen atoms in total. The molecule has 0 aliphatic rings. The van der Waals surface area contributed by atoms with Crippen LogP contribution in [0.25, 0.3) is 10.9 Å². The Hall–Kier alpha value is -1.93. The molecule has 0 bridgehead atoms. The molecule has 0 spiro atoms. The quantitative estimate of drug-likeness (QED) is 0.731. The average Bonchev–Trinajstić information content (AvgIpc) is 2.84. The standard InChI is InChI=1S/C12H16N4O3S/c1-20(18,19)6-5-9(13)12(17)15-10-3-2-4-11-8(10)7-14-16-11/h2-4,7,9H,5-6,13H2,1H3,(H,14,16)(H,15,17). The van der Waals surface area contributed by atoms with E-state index in [1.165, 1.54) is 0 Å². The van der Waals surface area contributed by atoms with Gasteiger partial charge in [-0.25, -0.2) is 8.42 Å². The Morgan fingerprint density at radius 2 is 2.25 bits per heavy atom. The Labute approximate surface area is 116 Å². The number of nitrogens with zero attached hydrogens (tertiary/aromatic N) is 1. The van der Waals surface area contributed by atoms with Crippen LogP contribution in [-0.4, -0.2) is 42.6 Å². The van der Waals surface area contributed by atoms with Gasteiger partial charge in [0.05, 0.1) is 29.2 Å². The zero-order valence-corrected chi connectivity index (χ0v) is 11.8. The lowest BCUT2D eigenvalue weighted by Gasteiger charge is -2.12. The van der Waals surface area contributed by atoms with Gasteiger partial charge in [-0.05, 0) is 18.6 Å². The monoisotopic (exact) mass is 296 g/mol. The number of rotatable bonds is 5. The normalized spacial score (nSPS) is 13.3. The molecule has 4 N–H and O–H groups in total. The Kier molecular flexibility index (Phi) is 4.05. The fraction of sp³-hybridized carbons (Fsp3) is 0.333. The van der Waals surface area contributed by atoms with Gasteiger partial charge in [0.15, 0.2) is 0 Å². The highest BCUT2D eigenvalue weighted by molar-refractivity contribution is 7.90. The molecular weight excluding hydrogens is 280 g/mol. The smallest absolute Gasteiger partial charge is 0.241 e. The van der Waals surface area contributed by atoms with Crippen molar-refractivity contribution in [1.82, 2.24) is 10.2 Å². The minimum Gasteiger partial charge on any atom is -0.324 e. The van der Waals surface area contributed by atoms with Crippen LogP contribution < -0.4 is 11.1 Å². The molecule has 0 radical (unpaired) electrons. The molecule has 0 fully saturated rings. The van der Waals surface area contributed by atoms with Crippen LogP contribution in [0.3, 0.4) is 0 Å². The summed E-state index contributed by atoms with van der Waals surface area (Å²) in [7, 11) is -3.13. The minimum atomic E-state index is -3.13. The summed E-state index contributed by atoms with van der Waals surface area (Å²) >= 11 is 0. The maximum Gasteiger partial charge on any atom is 0.241 e. The van der Waals surface area contributed by atoms with Crippen LogP contribution in [0, 0.1) is 0 Å². The molecule has 1 amide bonds. The zero-order valence-electron chi connectivity index (χ0n) is 11.0. The van der Waals surface area contributed by atoms with E-state index < -0.39 is 21.8 Å². The first-order valence-electron chi connectivity index (χ1n) is 6.03. The number of sulfone groups is 1. The van der Waals surface area contributed by atoms with Gasteiger partial charge < -0.3 is 11.1 Å². The Bertz CT molecular complexity index is 723. The van der Waals surface area contributed by atoms with Crippen LogP contribution in [0.2, 0.25) is 0 Å². The summed E-state index contributed by atoms with van der Waals surface area (Å²) in [5, 5.41) is 10.2. The molecule has 1 unspecified atom stereocenters. The minimum absolute atomic E-state index is 0.0893. The lowest BCUT2D eigenvalue weighted by molar-refractivity contribution is -0.117. The summed E-state index contributed by atoms with van der Waals surface area (Å²) < 4.78 is 22.1. The van der Waals surface area contributed by atoms with Gasteiger partial charge in [-0.15, -0.1) is 0 Å². The third-order valence-electron chi connectivity index (χ3n) is 2.88. The number of hydrogen-bond donors (Lipinski definition) is 3. The summed E-state index contributed by atoms with van der Waals surface area (Å²) in [4.78, 5) is 11.9. The van der Waals surface area contributed by atoms with Crippen LogP contribution in [0.1, 0.15) is 6.42 Å². The summed E-state index contributed by atoms with van der Waals surface area (Å²) in [6.07, 6.45) is 2.81. The van der Waals surface area contributed by atoms with Crippen molar-refractivity contribution in [3.05, 3.63) is 24.4 Å². The Balaban J connectivity index is 2.06. The predicted molar refractivity (Wildman–Crippen MR) is 77.0 cm³/mol. The summed E-state index contributed by atoms with van der Waals surface area (Å²) in [6.45, 7) is 0. The highest BCUT2D eigenvalue weighted by Gasteiger charge is 2.17. The highest BCUT2D eigenvalue weighted by Crippen LogP contribution is 2.21. The molecule has 0 aliphatic heterocycles. The van der Waals surface area contributed by atoms with Crippen molar-refractivity contribution in [3.63, 3.8) is 0 Å². The molecule has 2 rings (SSSR count). The van der Waals surface area contributed by atoms with Crippen molar-refractivity contribution < 1.29 is 13.2 Å². The predicted octanol–water partition coefficient (Wildman–Crippen LogP) is 0.263. The maximum absolute atomic E-state index is 11.9. The van der Waals surface area contributed by atoms with E-state index in [9.17, 15) is 13.2 Å². The third kappa shape index (κ3) is 3.55. The zero-order chi connectivity index (χ0) is 14.8. The second-order valence-electron chi connectivity index (χ2n) is 4.65. The van der Waals surface area contributed by atoms with Crippen LogP contribution in [0.4, 0.5) is 5.69 Å². The van der Waals surface area contributed by atoms with Crippen molar-refractivity contribution in [2.24, 2.45) is 5.73 Å². The van der Waals surface area contributed by atoms with Gasteiger partial charge in [-0.3, -0.25) is 9.89 Å². The summed E-state index contributed by atoms with van der Waals surface area (Å²) in [5.74, 6) is -0.528. The largest absolute Gasteiger partial charge is 0.324 e. The topological polar surface area (TPSA) is 118 Å². The summed E-state index contributed by atoms with van der Waals surface area (Å²) in [6, 6.07) is 4.48. The van der Waals surface area contributed by atoms with Gasteiger partial charge in [-0.1, -0.05) is 6.07 Å². The number of aromatic amines is 1. The molecule has 108 valence electrons. The van der Waals surface area contributed by atoms with Crippen LogP contribution in [-0.2, 0) is 14.6 Å². The van der Waals surface area contributed by atoms with Gasteiger partial charge in [0.25, 0.3) is 0 Å². The molecule has 0 saturated carbocycles. The van der Waals surface area contributed by atoms with Gasteiger partial charge in [-0.2, -0.15) is 5.10 Å². The van der Waals surface area contributed by atoms with Crippen molar-refractivity contribution in [1.29, 1.82) is 0 Å². The van der Waals surface area contributed by atoms with E-state index in [0.29, 0.717) is 5.69 Å². The number of nitrogens with one attached hydrogen (secondary N) is 2. The molecule has 1 aromatic heterocycles. The fourth-order valence-corrected chi connectivity index (χ4v) is 2.46.